The molecule has 0 bridgehead atoms. The summed E-state index contributed by atoms with van der Waals surface area (Å²) in [5.41, 5.74) is 1.17. The van der Waals surface area contributed by atoms with E-state index >= 15 is 0 Å². The maximum atomic E-state index is 3.87. The molecular weight excluding hydrogens is 153 g/mol. The van der Waals surface area contributed by atoms with Gasteiger partial charge in [-0.2, -0.15) is 0 Å². The molecule has 0 unspecified atom stereocenters. The summed E-state index contributed by atoms with van der Waals surface area (Å²) in [6.07, 6.45) is 4.68. The maximum Gasteiger partial charge on any atom is 1.00 e. The first-order chi connectivity index (χ1) is 5.70. The molecule has 0 radical (unpaired) electrons. The average molecular weight is 175 g/mol. The molecule has 1 nitrogen and oxygen atoms in total. The molecule has 0 rings (SSSR count). The van der Waals surface area contributed by atoms with Gasteiger partial charge in [0.05, 0.1) is 0 Å². The third-order valence-corrected chi connectivity index (χ3v) is 1.78. The van der Waals surface area contributed by atoms with E-state index in [1.807, 2.05) is 0 Å². The fourth-order valence-electron chi connectivity index (χ4n) is 1.21. The number of nitrogens with zero attached hydrogens (tertiary/aromatic N) is 1. The molecule has 0 amide bonds. The summed E-state index contributed by atoms with van der Waals surface area (Å²) in [7, 11) is 0. The van der Waals surface area contributed by atoms with Gasteiger partial charge in [0.25, 0.3) is 0 Å². The predicted octanol–water partition coefficient (Wildman–Crippen LogP) is -0.107. The number of hydrogen-bond acceptors (Lipinski definition) is 1. The minimum Gasteiger partial charge on any atom is -0.316 e. The summed E-state index contributed by atoms with van der Waals surface area (Å²) in [6, 6.07) is 0. The topological polar surface area (TPSA) is 3.24 Å². The van der Waals surface area contributed by atoms with Gasteiger partial charge in [0.1, 0.15) is 0 Å². The predicted molar refractivity (Wildman–Crippen MR) is 56.1 cm³/mol. The monoisotopic (exact) mass is 175 g/mol. The zero-order chi connectivity index (χ0) is 9.40. The Balaban J connectivity index is 0. The summed E-state index contributed by atoms with van der Waals surface area (Å²) in [4.78, 5) is 2.47. The van der Waals surface area contributed by atoms with Gasteiger partial charge in [-0.25, -0.2) is 18.6 Å². The molecule has 0 aromatic carbocycles. The first-order valence-corrected chi connectivity index (χ1v) is 4.91. The largest absolute Gasteiger partial charge is 1.00 e. The van der Waals surface area contributed by atoms with Crippen LogP contribution in [0, 0.1) is 6.92 Å². The molecule has 0 aliphatic rings. The van der Waals surface area contributed by atoms with Crippen molar-refractivity contribution in [3.05, 3.63) is 18.6 Å². The Morgan fingerprint density at radius 1 is 1.23 bits per heavy atom. The van der Waals surface area contributed by atoms with Gasteiger partial charge in [0.15, 0.2) is 0 Å². The molecule has 2 heteroatoms. The van der Waals surface area contributed by atoms with E-state index in [1.54, 1.807) is 0 Å². The molecule has 0 aliphatic carbocycles. The summed E-state index contributed by atoms with van der Waals surface area (Å²) in [6.45, 7) is 13.8. The van der Waals surface area contributed by atoms with Gasteiger partial charge in [-0.1, -0.05) is 20.8 Å². The Bertz CT molecular complexity index is 122. The van der Waals surface area contributed by atoms with Crippen LogP contribution >= 0.6 is 0 Å². The van der Waals surface area contributed by atoms with Crippen LogP contribution in [0.1, 0.15) is 33.6 Å². The van der Waals surface area contributed by atoms with E-state index in [1.165, 1.54) is 31.5 Å². The molecule has 0 spiro atoms. The molecule has 0 heterocycles. The Morgan fingerprint density at radius 3 is 2.00 bits per heavy atom. The molecular formula is C11H22LiN. The number of hydrogen-bond donors (Lipinski definition) is 0. The van der Waals surface area contributed by atoms with Crippen LogP contribution in [0.2, 0.25) is 0 Å². The van der Waals surface area contributed by atoms with Gasteiger partial charge >= 0.3 is 18.9 Å². The zero-order valence-corrected chi connectivity index (χ0v) is 9.77. The Kier molecular flexibility index (Phi) is 12.3. The third-order valence-electron chi connectivity index (χ3n) is 1.78. The van der Waals surface area contributed by atoms with Gasteiger partial charge in [0.2, 0.25) is 0 Å². The van der Waals surface area contributed by atoms with E-state index in [0.29, 0.717) is 0 Å². The second-order valence-electron chi connectivity index (χ2n) is 3.35. The third kappa shape index (κ3) is 10.1. The van der Waals surface area contributed by atoms with Crippen molar-refractivity contribution in [2.45, 2.75) is 33.6 Å². The van der Waals surface area contributed by atoms with E-state index in [4.69, 9.17) is 0 Å². The van der Waals surface area contributed by atoms with Crippen LogP contribution in [0.15, 0.2) is 11.6 Å². The molecule has 0 aliphatic heterocycles. The van der Waals surface area contributed by atoms with Crippen molar-refractivity contribution in [1.29, 1.82) is 0 Å². The van der Waals surface area contributed by atoms with Gasteiger partial charge in [0, 0.05) is 0 Å². The van der Waals surface area contributed by atoms with E-state index < -0.39 is 0 Å². The first-order valence-electron chi connectivity index (χ1n) is 4.91. The van der Waals surface area contributed by atoms with Crippen molar-refractivity contribution in [3.8, 4) is 0 Å². The van der Waals surface area contributed by atoms with Crippen molar-refractivity contribution < 1.29 is 18.9 Å². The van der Waals surface area contributed by atoms with Crippen LogP contribution in [0.3, 0.4) is 0 Å². The quantitative estimate of drug-likeness (QED) is 0.402. The van der Waals surface area contributed by atoms with Crippen LogP contribution in [-0.4, -0.2) is 24.5 Å². The molecule has 0 fully saturated rings. The molecule has 0 atom stereocenters. The van der Waals surface area contributed by atoms with Gasteiger partial charge in [-0.15, -0.1) is 0 Å². The molecule has 0 aromatic heterocycles. The fraction of sp³-hybridized carbons (Fsp3) is 0.727. The van der Waals surface area contributed by atoms with Crippen molar-refractivity contribution >= 4 is 0 Å². The van der Waals surface area contributed by atoms with Crippen molar-refractivity contribution in [3.63, 3.8) is 0 Å². The van der Waals surface area contributed by atoms with Gasteiger partial charge in [-0.05, 0) is 32.5 Å². The van der Waals surface area contributed by atoms with Crippen molar-refractivity contribution in [2.75, 3.05) is 19.6 Å². The van der Waals surface area contributed by atoms with Crippen molar-refractivity contribution in [1.82, 2.24) is 4.90 Å². The van der Waals surface area contributed by atoms with Crippen LogP contribution in [0.25, 0.3) is 0 Å². The molecule has 72 valence electrons. The minimum atomic E-state index is 0. The van der Waals surface area contributed by atoms with Gasteiger partial charge < -0.3 is 4.90 Å². The summed E-state index contributed by atoms with van der Waals surface area (Å²) >= 11 is 0. The molecule has 0 saturated carbocycles. The molecule has 0 N–H and O–H groups in total. The van der Waals surface area contributed by atoms with E-state index in [0.717, 1.165) is 6.54 Å². The normalized spacial score (nSPS) is 11.5. The van der Waals surface area contributed by atoms with Gasteiger partial charge in [-0.3, -0.25) is 0 Å². The first kappa shape index (κ1) is 15.6. The smallest absolute Gasteiger partial charge is 0.316 e. The van der Waals surface area contributed by atoms with Crippen LogP contribution in [0.4, 0.5) is 0 Å². The van der Waals surface area contributed by atoms with E-state index in [-0.39, 0.29) is 18.9 Å². The van der Waals surface area contributed by atoms with Crippen LogP contribution in [0.5, 0.6) is 0 Å². The summed E-state index contributed by atoms with van der Waals surface area (Å²) in [5.74, 6) is 0. The molecule has 0 aromatic rings. The molecule has 13 heavy (non-hydrogen) atoms. The summed E-state index contributed by atoms with van der Waals surface area (Å²) < 4.78 is 0. The zero-order valence-electron chi connectivity index (χ0n) is 9.77. The fourth-order valence-corrected chi connectivity index (χ4v) is 1.21. The minimum absolute atomic E-state index is 0. The Hall–Kier alpha value is 0.167. The molecule has 0 saturated heterocycles. The number of rotatable bonds is 6. The maximum absolute atomic E-state index is 3.87. The van der Waals surface area contributed by atoms with Crippen molar-refractivity contribution in [2.24, 2.45) is 0 Å². The average Bonchev–Trinajstić information content (AvgIpc) is 2.01. The van der Waals surface area contributed by atoms with Crippen LogP contribution < -0.4 is 18.9 Å². The SMILES string of the molecule is [CH2-]C(C)=CCN(CCC)CCC.[Li+]. The standard InChI is InChI=1S/C11H22N.Li/c1-5-8-12(9-6-2)10-7-11(3)4;/h7H,3,5-6,8-10H2,1-2,4H3;/q-1;+1. The van der Waals surface area contributed by atoms with E-state index in [2.05, 4.69) is 38.7 Å². The Labute approximate surface area is 95.8 Å². The van der Waals surface area contributed by atoms with E-state index in [9.17, 15) is 0 Å². The number of allylic oxidation sites excluding steroid dienone is 1. The van der Waals surface area contributed by atoms with Crippen LogP contribution in [-0.2, 0) is 0 Å². The summed E-state index contributed by atoms with van der Waals surface area (Å²) in [5, 5.41) is 0. The Morgan fingerprint density at radius 2 is 1.69 bits per heavy atom. The second-order valence-corrected chi connectivity index (χ2v) is 3.35. The second kappa shape index (κ2) is 10.2.